The molecule has 1 amide bonds. The molecule has 0 bridgehead atoms. The van der Waals surface area contributed by atoms with E-state index in [0.29, 0.717) is 32.9 Å². The number of carbonyl (C=O) groups excluding carboxylic acids is 1. The van der Waals surface area contributed by atoms with Crippen LogP contribution in [-0.4, -0.2) is 45.9 Å². The Labute approximate surface area is 91.3 Å². The van der Waals surface area contributed by atoms with Gasteiger partial charge in [0.05, 0.1) is 19.8 Å². The van der Waals surface area contributed by atoms with Crippen LogP contribution in [0.15, 0.2) is 0 Å². The van der Waals surface area contributed by atoms with Crippen molar-refractivity contribution < 1.29 is 14.3 Å². The quantitative estimate of drug-likeness (QED) is 0.523. The second-order valence-electron chi connectivity index (χ2n) is 3.24. The average Bonchev–Trinajstić information content (AvgIpc) is 2.25. The van der Waals surface area contributed by atoms with Crippen molar-refractivity contribution in [1.82, 2.24) is 5.32 Å². The van der Waals surface area contributed by atoms with Gasteiger partial charge in [0.1, 0.15) is 0 Å². The fourth-order valence-electron chi connectivity index (χ4n) is 1.09. The summed E-state index contributed by atoms with van der Waals surface area (Å²) in [6, 6.07) is 0. The van der Waals surface area contributed by atoms with Crippen molar-refractivity contribution in [3.05, 3.63) is 0 Å². The number of nitrogens with one attached hydrogen (secondary N) is 1. The molecule has 5 nitrogen and oxygen atoms in total. The molecule has 0 aliphatic rings. The Morgan fingerprint density at radius 2 is 2.13 bits per heavy atom. The molecule has 0 aromatic rings. The van der Waals surface area contributed by atoms with Gasteiger partial charge in [-0.15, -0.1) is 0 Å². The second-order valence-corrected chi connectivity index (χ2v) is 3.24. The normalized spacial score (nSPS) is 12.5. The molecule has 3 N–H and O–H groups in total. The Kier molecular flexibility index (Phi) is 9.46. The molecule has 1 unspecified atom stereocenters. The van der Waals surface area contributed by atoms with E-state index < -0.39 is 0 Å². The predicted octanol–water partition coefficient (Wildman–Crippen LogP) is -0.249. The van der Waals surface area contributed by atoms with Gasteiger partial charge in [-0.1, -0.05) is 6.92 Å². The van der Waals surface area contributed by atoms with Crippen molar-refractivity contribution in [3.8, 4) is 0 Å². The van der Waals surface area contributed by atoms with Crippen molar-refractivity contribution in [2.45, 2.75) is 13.3 Å². The fraction of sp³-hybridized carbons (Fsp3) is 0.900. The van der Waals surface area contributed by atoms with Gasteiger partial charge >= 0.3 is 0 Å². The highest BCUT2D eigenvalue weighted by molar-refractivity contribution is 5.78. The van der Waals surface area contributed by atoms with Crippen LogP contribution in [0.4, 0.5) is 0 Å². The monoisotopic (exact) mass is 218 g/mol. The lowest BCUT2D eigenvalue weighted by molar-refractivity contribution is -0.125. The van der Waals surface area contributed by atoms with Crippen molar-refractivity contribution in [3.63, 3.8) is 0 Å². The Morgan fingerprint density at radius 1 is 1.40 bits per heavy atom. The minimum Gasteiger partial charge on any atom is -0.382 e. The molecule has 15 heavy (non-hydrogen) atoms. The molecule has 0 aromatic carbocycles. The van der Waals surface area contributed by atoms with Gasteiger partial charge in [0.25, 0.3) is 0 Å². The Hall–Kier alpha value is -0.650. The van der Waals surface area contributed by atoms with Crippen LogP contribution in [0.1, 0.15) is 13.3 Å². The van der Waals surface area contributed by atoms with Crippen LogP contribution >= 0.6 is 0 Å². The first-order chi connectivity index (χ1) is 7.26. The summed E-state index contributed by atoms with van der Waals surface area (Å²) in [5.41, 5.74) is 5.45. The summed E-state index contributed by atoms with van der Waals surface area (Å²) in [6.07, 6.45) is 0.771. The van der Waals surface area contributed by atoms with Crippen molar-refractivity contribution >= 4 is 5.91 Å². The zero-order valence-electron chi connectivity index (χ0n) is 9.62. The number of ether oxygens (including phenoxy) is 2. The predicted molar refractivity (Wildman–Crippen MR) is 58.5 cm³/mol. The van der Waals surface area contributed by atoms with E-state index in [1.54, 1.807) is 7.11 Å². The fourth-order valence-corrected chi connectivity index (χ4v) is 1.09. The molecular formula is C10H22N2O3. The lowest BCUT2D eigenvalue weighted by Crippen LogP contribution is -2.36. The average molecular weight is 218 g/mol. The molecule has 90 valence electrons. The second kappa shape index (κ2) is 9.89. The first-order valence-corrected chi connectivity index (χ1v) is 5.30. The highest BCUT2D eigenvalue weighted by Crippen LogP contribution is 1.98. The minimum atomic E-state index is -0.0797. The zero-order chi connectivity index (χ0) is 11.5. The molecule has 0 fully saturated rings. The Morgan fingerprint density at radius 3 is 2.67 bits per heavy atom. The molecule has 0 saturated heterocycles. The molecule has 0 heterocycles. The summed E-state index contributed by atoms with van der Waals surface area (Å²) < 4.78 is 10.0. The van der Waals surface area contributed by atoms with E-state index in [2.05, 4.69) is 5.32 Å². The van der Waals surface area contributed by atoms with E-state index >= 15 is 0 Å². The molecule has 0 aromatic heterocycles. The van der Waals surface area contributed by atoms with E-state index in [1.165, 1.54) is 0 Å². The molecule has 0 saturated carbocycles. The van der Waals surface area contributed by atoms with Crippen molar-refractivity contribution in [2.75, 3.05) is 40.0 Å². The molecule has 0 rings (SSSR count). The number of carbonyl (C=O) groups is 1. The van der Waals surface area contributed by atoms with Gasteiger partial charge in [0.15, 0.2) is 0 Å². The molecule has 0 radical (unpaired) electrons. The maximum atomic E-state index is 11.4. The van der Waals surface area contributed by atoms with Crippen LogP contribution in [0.3, 0.4) is 0 Å². The smallest absolute Gasteiger partial charge is 0.224 e. The third-order valence-corrected chi connectivity index (χ3v) is 2.13. The number of hydrogen-bond acceptors (Lipinski definition) is 4. The summed E-state index contributed by atoms with van der Waals surface area (Å²) >= 11 is 0. The molecule has 1 atom stereocenters. The van der Waals surface area contributed by atoms with Crippen LogP contribution in [0.5, 0.6) is 0 Å². The number of hydrogen-bond donors (Lipinski definition) is 2. The van der Waals surface area contributed by atoms with Crippen LogP contribution in [0.25, 0.3) is 0 Å². The highest BCUT2D eigenvalue weighted by Gasteiger charge is 2.12. The summed E-state index contributed by atoms with van der Waals surface area (Å²) in [5, 5.41) is 2.78. The van der Waals surface area contributed by atoms with Crippen LogP contribution in [0.2, 0.25) is 0 Å². The topological polar surface area (TPSA) is 73.6 Å². The van der Waals surface area contributed by atoms with Crippen molar-refractivity contribution in [1.29, 1.82) is 0 Å². The largest absolute Gasteiger partial charge is 0.382 e. The number of amides is 1. The lowest BCUT2D eigenvalue weighted by atomic mass is 10.1. The van der Waals surface area contributed by atoms with Gasteiger partial charge in [0.2, 0.25) is 5.91 Å². The van der Waals surface area contributed by atoms with Crippen LogP contribution in [0, 0.1) is 5.92 Å². The Balaban J connectivity index is 3.38. The van der Waals surface area contributed by atoms with Gasteiger partial charge in [-0.05, 0) is 6.42 Å². The first kappa shape index (κ1) is 14.3. The zero-order valence-corrected chi connectivity index (χ0v) is 9.62. The molecule has 0 spiro atoms. The molecular weight excluding hydrogens is 196 g/mol. The highest BCUT2D eigenvalue weighted by atomic mass is 16.5. The van der Waals surface area contributed by atoms with E-state index in [4.69, 9.17) is 15.2 Å². The van der Waals surface area contributed by atoms with Crippen LogP contribution < -0.4 is 11.1 Å². The summed E-state index contributed by atoms with van der Waals surface area (Å²) in [4.78, 5) is 11.4. The number of nitrogens with two attached hydrogens (primary N) is 1. The Bertz CT molecular complexity index is 161. The van der Waals surface area contributed by atoms with E-state index in [-0.39, 0.29) is 11.8 Å². The molecule has 0 aliphatic heterocycles. The van der Waals surface area contributed by atoms with Gasteiger partial charge in [0, 0.05) is 26.1 Å². The van der Waals surface area contributed by atoms with Crippen LogP contribution in [-0.2, 0) is 14.3 Å². The summed E-state index contributed by atoms with van der Waals surface area (Å²) in [6.45, 7) is 4.52. The van der Waals surface area contributed by atoms with Gasteiger partial charge in [-0.2, -0.15) is 0 Å². The summed E-state index contributed by atoms with van der Waals surface area (Å²) in [5.74, 6) is -0.0701. The maximum Gasteiger partial charge on any atom is 0.224 e. The standard InChI is InChI=1S/C10H22N2O3/c1-3-9(8-11)10(13)12-4-5-15-7-6-14-2/h9H,3-8,11H2,1-2H3,(H,12,13). The van der Waals surface area contributed by atoms with Crippen molar-refractivity contribution in [2.24, 2.45) is 11.7 Å². The van der Waals surface area contributed by atoms with Gasteiger partial charge < -0.3 is 20.5 Å². The van der Waals surface area contributed by atoms with E-state index in [0.717, 1.165) is 6.42 Å². The first-order valence-electron chi connectivity index (χ1n) is 5.30. The lowest BCUT2D eigenvalue weighted by Gasteiger charge is -2.12. The molecule has 0 aliphatic carbocycles. The number of methoxy groups -OCH3 is 1. The van der Waals surface area contributed by atoms with E-state index in [1.807, 2.05) is 6.92 Å². The van der Waals surface area contributed by atoms with Gasteiger partial charge in [-0.25, -0.2) is 0 Å². The number of rotatable bonds is 9. The SMILES string of the molecule is CCC(CN)C(=O)NCCOCCOC. The third kappa shape index (κ3) is 7.30. The van der Waals surface area contributed by atoms with E-state index in [9.17, 15) is 4.79 Å². The van der Waals surface area contributed by atoms with Gasteiger partial charge in [-0.3, -0.25) is 4.79 Å². The third-order valence-electron chi connectivity index (χ3n) is 2.13. The minimum absolute atomic E-state index is 0.00958. The summed E-state index contributed by atoms with van der Waals surface area (Å²) in [7, 11) is 1.62. The maximum absolute atomic E-state index is 11.4. The molecule has 5 heteroatoms.